The van der Waals surface area contributed by atoms with Crippen molar-refractivity contribution in [3.63, 3.8) is 0 Å². The summed E-state index contributed by atoms with van der Waals surface area (Å²) in [5, 5.41) is 2.55. The molecule has 0 aliphatic heterocycles. The molecule has 0 spiro atoms. The van der Waals surface area contributed by atoms with E-state index in [9.17, 15) is 18.0 Å². The zero-order valence-corrected chi connectivity index (χ0v) is 13.9. The Morgan fingerprint density at radius 2 is 1.54 bits per heavy atom. The number of amides is 1. The van der Waals surface area contributed by atoms with Gasteiger partial charge in [-0.1, -0.05) is 57.2 Å². The predicted octanol–water partition coefficient (Wildman–Crippen LogP) is 4.93. The van der Waals surface area contributed by atoms with Crippen molar-refractivity contribution in [1.82, 2.24) is 5.32 Å². The largest absolute Gasteiger partial charge is 0.417 e. The Morgan fingerprint density at radius 1 is 0.958 bits per heavy atom. The molecule has 0 unspecified atom stereocenters. The van der Waals surface area contributed by atoms with E-state index in [1.807, 2.05) is 24.3 Å². The number of hydrogen-bond acceptors (Lipinski definition) is 1. The van der Waals surface area contributed by atoms with Crippen molar-refractivity contribution in [2.24, 2.45) is 0 Å². The van der Waals surface area contributed by atoms with E-state index in [1.165, 1.54) is 18.2 Å². The summed E-state index contributed by atoms with van der Waals surface area (Å²) in [6.45, 7) is 6.46. The van der Waals surface area contributed by atoms with Gasteiger partial charge in [-0.2, -0.15) is 13.2 Å². The van der Waals surface area contributed by atoms with Crippen molar-refractivity contribution in [2.45, 2.75) is 38.9 Å². The number of carbonyl (C=O) groups excluding carboxylic acids is 1. The van der Waals surface area contributed by atoms with Gasteiger partial charge in [0.15, 0.2) is 0 Å². The number of alkyl halides is 3. The molecule has 0 saturated carbocycles. The van der Waals surface area contributed by atoms with Gasteiger partial charge in [0.1, 0.15) is 0 Å². The molecule has 0 heterocycles. The van der Waals surface area contributed by atoms with E-state index in [4.69, 9.17) is 0 Å². The fraction of sp³-hybridized carbons (Fsp3) is 0.316. The lowest BCUT2D eigenvalue weighted by Crippen LogP contribution is -2.25. The summed E-state index contributed by atoms with van der Waals surface area (Å²) in [5.41, 5.74) is 0.718. The Morgan fingerprint density at radius 3 is 2.08 bits per heavy atom. The second-order valence-electron chi connectivity index (χ2n) is 6.67. The SMILES string of the molecule is CC(C)(C)c1ccc(CNC(=O)c2ccccc2C(F)(F)F)cc1. The summed E-state index contributed by atoms with van der Waals surface area (Å²) in [7, 11) is 0. The molecule has 1 amide bonds. The molecule has 2 aromatic rings. The van der Waals surface area contributed by atoms with Gasteiger partial charge in [-0.3, -0.25) is 4.79 Å². The first-order valence-electron chi connectivity index (χ1n) is 7.63. The summed E-state index contributed by atoms with van der Waals surface area (Å²) < 4.78 is 38.8. The van der Waals surface area contributed by atoms with Gasteiger partial charge in [-0.05, 0) is 28.7 Å². The fourth-order valence-electron chi connectivity index (χ4n) is 2.33. The van der Waals surface area contributed by atoms with Crippen LogP contribution in [0.3, 0.4) is 0 Å². The highest BCUT2D eigenvalue weighted by atomic mass is 19.4. The van der Waals surface area contributed by atoms with Gasteiger partial charge in [0.05, 0.1) is 11.1 Å². The Hall–Kier alpha value is -2.30. The molecule has 5 heteroatoms. The van der Waals surface area contributed by atoms with Gasteiger partial charge in [-0.15, -0.1) is 0 Å². The molecule has 2 rings (SSSR count). The fourth-order valence-corrected chi connectivity index (χ4v) is 2.33. The van der Waals surface area contributed by atoms with Crippen molar-refractivity contribution in [3.8, 4) is 0 Å². The normalized spacial score (nSPS) is 12.1. The van der Waals surface area contributed by atoms with Gasteiger partial charge in [0, 0.05) is 6.54 Å². The third-order valence-electron chi connectivity index (χ3n) is 3.75. The van der Waals surface area contributed by atoms with Crippen LogP contribution in [-0.4, -0.2) is 5.91 Å². The van der Waals surface area contributed by atoms with Crippen LogP contribution < -0.4 is 5.32 Å². The van der Waals surface area contributed by atoms with Crippen LogP contribution in [0.25, 0.3) is 0 Å². The minimum Gasteiger partial charge on any atom is -0.348 e. The Kier molecular flexibility index (Phi) is 5.02. The van der Waals surface area contributed by atoms with Gasteiger partial charge in [-0.25, -0.2) is 0 Å². The minimum atomic E-state index is -4.55. The number of nitrogens with one attached hydrogen (secondary N) is 1. The summed E-state index contributed by atoms with van der Waals surface area (Å²) in [6, 6.07) is 12.4. The van der Waals surface area contributed by atoms with Gasteiger partial charge in [0.2, 0.25) is 0 Å². The summed E-state index contributed by atoms with van der Waals surface area (Å²) in [4.78, 5) is 12.1. The number of benzene rings is 2. The standard InChI is InChI=1S/C19H20F3NO/c1-18(2,3)14-10-8-13(9-11-14)12-23-17(24)15-6-4-5-7-16(15)19(20,21)22/h4-11H,12H2,1-3H3,(H,23,24). The molecule has 0 aliphatic rings. The van der Waals surface area contributed by atoms with Crippen LogP contribution in [-0.2, 0) is 18.1 Å². The van der Waals surface area contributed by atoms with E-state index in [1.54, 1.807) is 0 Å². The van der Waals surface area contributed by atoms with Gasteiger partial charge in [0.25, 0.3) is 5.91 Å². The molecular formula is C19H20F3NO. The van der Waals surface area contributed by atoms with Crippen molar-refractivity contribution in [2.75, 3.05) is 0 Å². The first kappa shape index (κ1) is 18.0. The number of carbonyl (C=O) groups is 1. The predicted molar refractivity (Wildman–Crippen MR) is 87.8 cm³/mol. The highest BCUT2D eigenvalue weighted by Gasteiger charge is 2.34. The van der Waals surface area contributed by atoms with E-state index in [0.717, 1.165) is 17.2 Å². The average Bonchev–Trinajstić information content (AvgIpc) is 2.51. The molecular weight excluding hydrogens is 315 g/mol. The maximum Gasteiger partial charge on any atom is 0.417 e. The monoisotopic (exact) mass is 335 g/mol. The molecule has 2 aromatic carbocycles. The molecule has 0 atom stereocenters. The quantitative estimate of drug-likeness (QED) is 0.846. The smallest absolute Gasteiger partial charge is 0.348 e. The van der Waals surface area contributed by atoms with E-state index >= 15 is 0 Å². The lowest BCUT2D eigenvalue weighted by atomic mass is 9.87. The highest BCUT2D eigenvalue weighted by molar-refractivity contribution is 5.95. The molecule has 0 aliphatic carbocycles. The molecule has 0 saturated heterocycles. The van der Waals surface area contributed by atoms with E-state index in [0.29, 0.717) is 0 Å². The molecule has 0 aromatic heterocycles. The third-order valence-corrected chi connectivity index (χ3v) is 3.75. The third kappa shape index (κ3) is 4.37. The van der Waals surface area contributed by atoms with Crippen LogP contribution in [0.4, 0.5) is 13.2 Å². The second-order valence-corrected chi connectivity index (χ2v) is 6.67. The lowest BCUT2D eigenvalue weighted by Gasteiger charge is -2.19. The lowest BCUT2D eigenvalue weighted by molar-refractivity contribution is -0.137. The van der Waals surface area contributed by atoms with Crippen LogP contribution in [0, 0.1) is 0 Å². The van der Waals surface area contributed by atoms with E-state index in [2.05, 4.69) is 26.1 Å². The number of halogens is 3. The van der Waals surface area contributed by atoms with Crippen molar-refractivity contribution in [3.05, 3.63) is 70.8 Å². The molecule has 0 fully saturated rings. The molecule has 2 nitrogen and oxygen atoms in total. The van der Waals surface area contributed by atoms with E-state index < -0.39 is 17.6 Å². The van der Waals surface area contributed by atoms with Crippen LogP contribution in [0.5, 0.6) is 0 Å². The van der Waals surface area contributed by atoms with Crippen molar-refractivity contribution >= 4 is 5.91 Å². The highest BCUT2D eigenvalue weighted by Crippen LogP contribution is 2.31. The molecule has 1 N–H and O–H groups in total. The number of rotatable bonds is 3. The average molecular weight is 335 g/mol. The zero-order valence-electron chi connectivity index (χ0n) is 13.9. The van der Waals surface area contributed by atoms with Crippen molar-refractivity contribution in [1.29, 1.82) is 0 Å². The minimum absolute atomic E-state index is 0.0213. The molecule has 0 bridgehead atoms. The Labute approximate surface area is 139 Å². The second kappa shape index (κ2) is 6.67. The molecule has 128 valence electrons. The topological polar surface area (TPSA) is 29.1 Å². The maximum absolute atomic E-state index is 12.9. The Bertz CT molecular complexity index is 713. The van der Waals surface area contributed by atoms with Crippen LogP contribution >= 0.6 is 0 Å². The van der Waals surface area contributed by atoms with Crippen LogP contribution in [0.2, 0.25) is 0 Å². The summed E-state index contributed by atoms with van der Waals surface area (Å²) >= 11 is 0. The van der Waals surface area contributed by atoms with Crippen molar-refractivity contribution < 1.29 is 18.0 Å². The summed E-state index contributed by atoms with van der Waals surface area (Å²) in [6.07, 6.45) is -4.55. The maximum atomic E-state index is 12.9. The summed E-state index contributed by atoms with van der Waals surface area (Å²) in [5.74, 6) is -0.733. The Balaban J connectivity index is 2.09. The first-order chi connectivity index (χ1) is 11.1. The van der Waals surface area contributed by atoms with Gasteiger partial charge >= 0.3 is 6.18 Å². The first-order valence-corrected chi connectivity index (χ1v) is 7.63. The van der Waals surface area contributed by atoms with Crippen LogP contribution in [0.15, 0.2) is 48.5 Å². The van der Waals surface area contributed by atoms with Crippen LogP contribution in [0.1, 0.15) is 47.8 Å². The zero-order chi connectivity index (χ0) is 18.0. The van der Waals surface area contributed by atoms with E-state index in [-0.39, 0.29) is 17.5 Å². The molecule has 0 radical (unpaired) electrons. The number of hydrogen-bond donors (Lipinski definition) is 1. The van der Waals surface area contributed by atoms with Gasteiger partial charge < -0.3 is 5.32 Å². The molecule has 24 heavy (non-hydrogen) atoms.